The molecular formula is C19H34O4. The van der Waals surface area contributed by atoms with Crippen LogP contribution in [-0.2, 0) is 14.3 Å². The quantitative estimate of drug-likeness (QED) is 0.518. The Kier molecular flexibility index (Phi) is 8.85. The molecule has 1 aliphatic heterocycles. The van der Waals surface area contributed by atoms with Crippen molar-refractivity contribution in [2.75, 3.05) is 7.11 Å². The van der Waals surface area contributed by atoms with Gasteiger partial charge in [0, 0.05) is 25.9 Å². The molecule has 0 aromatic heterocycles. The van der Waals surface area contributed by atoms with Gasteiger partial charge in [-0.2, -0.15) is 0 Å². The number of carbonyl (C=O) groups excluding carboxylic acids is 1. The SMILES string of the molecule is C/C=C/C[C@H](C)[C@@H](OC)[C@@H](C)[C@H](O)C[C@H]1OC(=O)CC[C@H]1CC. The predicted molar refractivity (Wildman–Crippen MR) is 92.1 cm³/mol. The van der Waals surface area contributed by atoms with E-state index in [1.54, 1.807) is 7.11 Å². The zero-order chi connectivity index (χ0) is 17.4. The zero-order valence-electron chi connectivity index (χ0n) is 15.3. The van der Waals surface area contributed by atoms with Crippen molar-refractivity contribution >= 4 is 5.97 Å². The molecule has 0 amide bonds. The second-order valence-corrected chi connectivity index (χ2v) is 6.88. The molecular weight excluding hydrogens is 292 g/mol. The molecule has 0 radical (unpaired) electrons. The molecule has 1 saturated heterocycles. The van der Waals surface area contributed by atoms with Gasteiger partial charge in [0.05, 0.1) is 12.2 Å². The van der Waals surface area contributed by atoms with Crippen LogP contribution in [0.2, 0.25) is 0 Å². The van der Waals surface area contributed by atoms with Crippen LogP contribution in [0.5, 0.6) is 0 Å². The van der Waals surface area contributed by atoms with E-state index in [9.17, 15) is 9.90 Å². The summed E-state index contributed by atoms with van der Waals surface area (Å²) in [7, 11) is 1.70. The number of esters is 1. The van der Waals surface area contributed by atoms with Gasteiger partial charge in [-0.15, -0.1) is 0 Å². The monoisotopic (exact) mass is 326 g/mol. The summed E-state index contributed by atoms with van der Waals surface area (Å²) in [4.78, 5) is 11.6. The number of carbonyl (C=O) groups is 1. The summed E-state index contributed by atoms with van der Waals surface area (Å²) in [6.45, 7) is 8.29. The lowest BCUT2D eigenvalue weighted by Gasteiger charge is -2.36. The number of aliphatic hydroxyl groups excluding tert-OH is 1. The largest absolute Gasteiger partial charge is 0.462 e. The molecule has 0 bridgehead atoms. The van der Waals surface area contributed by atoms with Crippen molar-refractivity contribution in [3.8, 4) is 0 Å². The van der Waals surface area contributed by atoms with Crippen LogP contribution in [0.1, 0.15) is 59.8 Å². The van der Waals surface area contributed by atoms with Crippen LogP contribution in [0.15, 0.2) is 12.2 Å². The summed E-state index contributed by atoms with van der Waals surface area (Å²) in [5.41, 5.74) is 0. The minimum atomic E-state index is -0.530. The molecule has 0 unspecified atom stereocenters. The topological polar surface area (TPSA) is 55.8 Å². The maximum absolute atomic E-state index is 11.6. The third kappa shape index (κ3) is 5.92. The van der Waals surface area contributed by atoms with Crippen LogP contribution in [0.3, 0.4) is 0 Å². The third-order valence-electron chi connectivity index (χ3n) is 5.23. The fraction of sp³-hybridized carbons (Fsp3) is 0.842. The highest BCUT2D eigenvalue weighted by molar-refractivity contribution is 5.70. The molecule has 0 saturated carbocycles. The number of rotatable bonds is 9. The Balaban J connectivity index is 2.65. The van der Waals surface area contributed by atoms with E-state index in [4.69, 9.17) is 9.47 Å². The highest BCUT2D eigenvalue weighted by Crippen LogP contribution is 2.31. The van der Waals surface area contributed by atoms with Gasteiger partial charge in [0.2, 0.25) is 0 Å². The zero-order valence-corrected chi connectivity index (χ0v) is 15.3. The molecule has 23 heavy (non-hydrogen) atoms. The average Bonchev–Trinajstić information content (AvgIpc) is 2.53. The van der Waals surface area contributed by atoms with Gasteiger partial charge in [0.15, 0.2) is 0 Å². The van der Waals surface area contributed by atoms with Crippen molar-refractivity contribution in [2.24, 2.45) is 17.8 Å². The predicted octanol–water partition coefficient (Wildman–Crippen LogP) is 3.72. The number of ether oxygens (including phenoxy) is 2. The first-order valence-corrected chi connectivity index (χ1v) is 8.95. The summed E-state index contributed by atoms with van der Waals surface area (Å²) in [6.07, 6.45) is 7.24. The van der Waals surface area contributed by atoms with E-state index in [1.807, 2.05) is 19.9 Å². The highest BCUT2D eigenvalue weighted by atomic mass is 16.5. The van der Waals surface area contributed by atoms with E-state index in [1.165, 1.54) is 0 Å². The van der Waals surface area contributed by atoms with Gasteiger partial charge < -0.3 is 14.6 Å². The highest BCUT2D eigenvalue weighted by Gasteiger charge is 2.35. The summed E-state index contributed by atoms with van der Waals surface area (Å²) in [5.74, 6) is 0.551. The minimum absolute atomic E-state index is 0.00149. The van der Waals surface area contributed by atoms with Crippen LogP contribution in [0.25, 0.3) is 0 Å². The fourth-order valence-corrected chi connectivity index (χ4v) is 3.64. The molecule has 4 heteroatoms. The average molecular weight is 326 g/mol. The van der Waals surface area contributed by atoms with Crippen LogP contribution in [-0.4, -0.2) is 36.5 Å². The van der Waals surface area contributed by atoms with Gasteiger partial charge >= 0.3 is 5.97 Å². The molecule has 6 atom stereocenters. The maximum Gasteiger partial charge on any atom is 0.306 e. The van der Waals surface area contributed by atoms with E-state index in [-0.39, 0.29) is 24.1 Å². The van der Waals surface area contributed by atoms with Crippen LogP contribution in [0, 0.1) is 17.8 Å². The van der Waals surface area contributed by atoms with Crippen LogP contribution >= 0.6 is 0 Å². The summed E-state index contributed by atoms with van der Waals surface area (Å²) in [6, 6.07) is 0. The Morgan fingerprint density at radius 3 is 2.70 bits per heavy atom. The van der Waals surface area contributed by atoms with E-state index in [0.29, 0.717) is 24.7 Å². The summed E-state index contributed by atoms with van der Waals surface area (Å²) >= 11 is 0. The van der Waals surface area contributed by atoms with Crippen molar-refractivity contribution < 1.29 is 19.4 Å². The molecule has 0 aromatic carbocycles. The molecule has 1 N–H and O–H groups in total. The number of hydrogen-bond donors (Lipinski definition) is 1. The van der Waals surface area contributed by atoms with Crippen LogP contribution < -0.4 is 0 Å². The lowest BCUT2D eigenvalue weighted by Crippen LogP contribution is -2.41. The van der Waals surface area contributed by atoms with Crippen molar-refractivity contribution in [1.82, 2.24) is 0 Å². The molecule has 134 valence electrons. The van der Waals surface area contributed by atoms with Gasteiger partial charge in [0.25, 0.3) is 0 Å². The lowest BCUT2D eigenvalue weighted by atomic mass is 9.82. The van der Waals surface area contributed by atoms with Crippen molar-refractivity contribution in [2.45, 2.75) is 78.1 Å². The van der Waals surface area contributed by atoms with Crippen molar-refractivity contribution in [3.63, 3.8) is 0 Å². The number of aliphatic hydroxyl groups is 1. The normalized spacial score (nSPS) is 27.5. The van der Waals surface area contributed by atoms with Crippen molar-refractivity contribution in [3.05, 3.63) is 12.2 Å². The smallest absolute Gasteiger partial charge is 0.306 e. The number of hydrogen-bond acceptors (Lipinski definition) is 4. The molecule has 0 spiro atoms. The van der Waals surface area contributed by atoms with E-state index >= 15 is 0 Å². The first-order chi connectivity index (χ1) is 10.9. The third-order valence-corrected chi connectivity index (χ3v) is 5.23. The molecule has 1 fully saturated rings. The number of allylic oxidation sites excluding steroid dienone is 2. The first-order valence-electron chi connectivity index (χ1n) is 8.95. The Morgan fingerprint density at radius 2 is 2.13 bits per heavy atom. The van der Waals surface area contributed by atoms with Crippen LogP contribution in [0.4, 0.5) is 0 Å². The number of cyclic esters (lactones) is 1. The maximum atomic E-state index is 11.6. The fourth-order valence-electron chi connectivity index (χ4n) is 3.64. The van der Waals surface area contributed by atoms with Gasteiger partial charge in [0.1, 0.15) is 6.10 Å². The Bertz CT molecular complexity index is 380. The summed E-state index contributed by atoms with van der Waals surface area (Å²) in [5, 5.41) is 10.7. The first kappa shape index (κ1) is 20.2. The standard InChI is InChI=1S/C19H34O4/c1-6-8-9-13(3)19(22-5)14(4)16(20)12-17-15(7-2)10-11-18(21)23-17/h6,8,13-17,19-20H,7,9-12H2,1-5H3/b8-6+/t13-,14-,15+,16+,17+,19+/m0/s1. The molecule has 0 aliphatic carbocycles. The molecule has 1 rings (SSSR count). The van der Waals surface area contributed by atoms with E-state index < -0.39 is 6.10 Å². The molecule has 1 heterocycles. The second kappa shape index (κ2) is 10.1. The minimum Gasteiger partial charge on any atom is -0.462 e. The Morgan fingerprint density at radius 1 is 1.43 bits per heavy atom. The Hall–Kier alpha value is -0.870. The van der Waals surface area contributed by atoms with Gasteiger partial charge in [-0.25, -0.2) is 0 Å². The van der Waals surface area contributed by atoms with Crippen molar-refractivity contribution in [1.29, 1.82) is 0 Å². The van der Waals surface area contributed by atoms with Gasteiger partial charge in [-0.1, -0.05) is 32.9 Å². The Labute approximate surface area is 141 Å². The van der Waals surface area contributed by atoms with Gasteiger partial charge in [-0.3, -0.25) is 4.79 Å². The number of methoxy groups -OCH3 is 1. The molecule has 4 nitrogen and oxygen atoms in total. The van der Waals surface area contributed by atoms with E-state index in [2.05, 4.69) is 19.9 Å². The second-order valence-electron chi connectivity index (χ2n) is 6.88. The molecule has 0 aromatic rings. The lowest BCUT2D eigenvalue weighted by molar-refractivity contribution is -0.162. The summed E-state index contributed by atoms with van der Waals surface area (Å²) < 4.78 is 11.2. The van der Waals surface area contributed by atoms with E-state index in [0.717, 1.165) is 19.3 Å². The molecule has 1 aliphatic rings. The van der Waals surface area contributed by atoms with Gasteiger partial charge in [-0.05, 0) is 38.0 Å².